The molecule has 0 amide bonds. The molecule has 0 N–H and O–H groups in total. The molecule has 0 saturated heterocycles. The minimum absolute atomic E-state index is 0.227. The summed E-state index contributed by atoms with van der Waals surface area (Å²) in [5.74, 6) is 0.583. The molecule has 0 aliphatic heterocycles. The number of hydrogen-bond donors (Lipinski definition) is 0. The van der Waals surface area contributed by atoms with Crippen molar-refractivity contribution in [3.05, 3.63) is 65.5 Å². The van der Waals surface area contributed by atoms with Crippen LogP contribution in [0.1, 0.15) is 43.2 Å². The maximum absolute atomic E-state index is 12.8. The van der Waals surface area contributed by atoms with Crippen molar-refractivity contribution in [3.63, 3.8) is 0 Å². The Morgan fingerprint density at radius 1 is 0.957 bits per heavy atom. The monoisotopic (exact) mass is 311 g/mol. The molecule has 0 aromatic heterocycles. The highest BCUT2D eigenvalue weighted by Crippen LogP contribution is 2.20. The van der Waals surface area contributed by atoms with E-state index in [9.17, 15) is 4.39 Å². The van der Waals surface area contributed by atoms with Crippen LogP contribution in [0, 0.1) is 5.82 Å². The van der Waals surface area contributed by atoms with Crippen molar-refractivity contribution >= 4 is 6.21 Å². The summed E-state index contributed by atoms with van der Waals surface area (Å²) in [5.41, 5.74) is 2.05. The first-order valence-electron chi connectivity index (χ1n) is 8.30. The van der Waals surface area contributed by atoms with Gasteiger partial charge < -0.3 is 4.74 Å². The molecule has 0 radical (unpaired) electrons. The molecule has 2 nitrogen and oxygen atoms in total. The molecule has 120 valence electrons. The van der Waals surface area contributed by atoms with Gasteiger partial charge in [0, 0.05) is 12.3 Å². The van der Waals surface area contributed by atoms with Crippen LogP contribution in [0.4, 0.5) is 4.39 Å². The fraction of sp³-hybridized carbons (Fsp3) is 0.350. The molecule has 1 aliphatic rings. The summed E-state index contributed by atoms with van der Waals surface area (Å²) in [6.45, 7) is 0.440. The summed E-state index contributed by atoms with van der Waals surface area (Å²) in [5, 5.41) is 0. The fourth-order valence-corrected chi connectivity index (χ4v) is 2.82. The maximum atomic E-state index is 12.8. The number of aliphatic imine (C=N–C) groups is 1. The zero-order chi connectivity index (χ0) is 15.9. The lowest BCUT2D eigenvalue weighted by Crippen LogP contribution is -2.09. The fourth-order valence-electron chi connectivity index (χ4n) is 2.82. The van der Waals surface area contributed by atoms with E-state index in [0.29, 0.717) is 12.6 Å². The van der Waals surface area contributed by atoms with E-state index in [1.165, 1.54) is 44.2 Å². The molecule has 2 aromatic carbocycles. The molecule has 3 rings (SSSR count). The van der Waals surface area contributed by atoms with Crippen LogP contribution in [0.15, 0.2) is 53.5 Å². The highest BCUT2D eigenvalue weighted by Gasteiger charge is 2.10. The summed E-state index contributed by atoms with van der Waals surface area (Å²) < 4.78 is 18.6. The quantitative estimate of drug-likeness (QED) is 0.699. The van der Waals surface area contributed by atoms with Crippen molar-refractivity contribution in [2.75, 3.05) is 0 Å². The predicted molar refractivity (Wildman–Crippen MR) is 91.6 cm³/mol. The third-order valence-corrected chi connectivity index (χ3v) is 4.21. The molecule has 1 saturated carbocycles. The second-order valence-electron chi connectivity index (χ2n) is 6.05. The maximum Gasteiger partial charge on any atom is 0.123 e. The summed E-state index contributed by atoms with van der Waals surface area (Å²) in [4.78, 5) is 4.68. The van der Waals surface area contributed by atoms with Crippen LogP contribution < -0.4 is 4.74 Å². The van der Waals surface area contributed by atoms with Crippen molar-refractivity contribution in [3.8, 4) is 5.75 Å². The first-order valence-corrected chi connectivity index (χ1v) is 8.30. The van der Waals surface area contributed by atoms with Gasteiger partial charge in [-0.25, -0.2) is 4.39 Å². The van der Waals surface area contributed by atoms with Gasteiger partial charge in [-0.05, 0) is 60.4 Å². The van der Waals surface area contributed by atoms with Gasteiger partial charge in [-0.2, -0.15) is 0 Å². The van der Waals surface area contributed by atoms with Gasteiger partial charge in [0.1, 0.15) is 18.2 Å². The van der Waals surface area contributed by atoms with E-state index in [2.05, 4.69) is 4.99 Å². The molecular formula is C20H22FNO. The van der Waals surface area contributed by atoms with E-state index < -0.39 is 0 Å². The van der Waals surface area contributed by atoms with Crippen LogP contribution in [0.2, 0.25) is 0 Å². The molecule has 0 atom stereocenters. The summed E-state index contributed by atoms with van der Waals surface area (Å²) in [6.07, 6.45) is 8.37. The van der Waals surface area contributed by atoms with E-state index >= 15 is 0 Å². The first-order chi connectivity index (χ1) is 11.3. The number of rotatable bonds is 5. The van der Waals surface area contributed by atoms with Crippen molar-refractivity contribution in [2.45, 2.75) is 44.8 Å². The molecule has 0 heterocycles. The number of benzene rings is 2. The molecule has 3 heteroatoms. The van der Waals surface area contributed by atoms with E-state index in [4.69, 9.17) is 4.74 Å². The molecule has 23 heavy (non-hydrogen) atoms. The molecule has 0 spiro atoms. The summed E-state index contributed by atoms with van der Waals surface area (Å²) in [6, 6.07) is 14.8. The van der Waals surface area contributed by atoms with E-state index in [1.807, 2.05) is 30.5 Å². The highest BCUT2D eigenvalue weighted by atomic mass is 19.1. The van der Waals surface area contributed by atoms with Gasteiger partial charge >= 0.3 is 0 Å². The van der Waals surface area contributed by atoms with E-state index in [0.717, 1.165) is 16.9 Å². The third kappa shape index (κ3) is 4.92. The number of halogens is 1. The second kappa shape index (κ2) is 7.91. The average molecular weight is 311 g/mol. The van der Waals surface area contributed by atoms with Crippen molar-refractivity contribution in [1.29, 1.82) is 0 Å². The van der Waals surface area contributed by atoms with Crippen molar-refractivity contribution < 1.29 is 9.13 Å². The lowest BCUT2D eigenvalue weighted by Gasteiger charge is -2.17. The van der Waals surface area contributed by atoms with Crippen molar-refractivity contribution in [1.82, 2.24) is 0 Å². The van der Waals surface area contributed by atoms with Gasteiger partial charge in [0.15, 0.2) is 0 Å². The second-order valence-corrected chi connectivity index (χ2v) is 6.05. The van der Waals surface area contributed by atoms with Crippen molar-refractivity contribution in [2.24, 2.45) is 4.99 Å². The molecule has 1 fully saturated rings. The van der Waals surface area contributed by atoms with Gasteiger partial charge in [0.25, 0.3) is 0 Å². The third-order valence-electron chi connectivity index (χ3n) is 4.21. The average Bonchev–Trinajstić information content (AvgIpc) is 2.61. The van der Waals surface area contributed by atoms with E-state index in [1.54, 1.807) is 12.1 Å². The van der Waals surface area contributed by atoms with Gasteiger partial charge in [-0.3, -0.25) is 4.99 Å². The minimum atomic E-state index is -0.227. The van der Waals surface area contributed by atoms with Crippen LogP contribution >= 0.6 is 0 Å². The first kappa shape index (κ1) is 15.7. The SMILES string of the molecule is Fc1ccc(COc2ccc(C=NC3CCCCC3)cc2)cc1. The summed E-state index contributed by atoms with van der Waals surface area (Å²) >= 11 is 0. The Morgan fingerprint density at radius 2 is 1.65 bits per heavy atom. The van der Waals surface area contributed by atoms with Crippen LogP contribution in [0.3, 0.4) is 0 Å². The highest BCUT2D eigenvalue weighted by molar-refractivity contribution is 5.79. The molecule has 0 unspecified atom stereocenters. The topological polar surface area (TPSA) is 21.6 Å². The standard InChI is InChI=1S/C20H22FNO/c21-18-10-6-17(7-11-18)15-23-20-12-8-16(9-13-20)14-22-19-4-2-1-3-5-19/h6-14,19H,1-5,15H2. The van der Waals surface area contributed by atoms with Crippen LogP contribution in [0.5, 0.6) is 5.75 Å². The Morgan fingerprint density at radius 3 is 2.35 bits per heavy atom. The molecule has 2 aromatic rings. The van der Waals surface area contributed by atoms with Crippen LogP contribution in [0.25, 0.3) is 0 Å². The van der Waals surface area contributed by atoms with Gasteiger partial charge in [-0.15, -0.1) is 0 Å². The zero-order valence-electron chi connectivity index (χ0n) is 13.2. The molecule has 0 bridgehead atoms. The van der Waals surface area contributed by atoms with Crippen LogP contribution in [-0.4, -0.2) is 12.3 Å². The lowest BCUT2D eigenvalue weighted by atomic mass is 9.96. The smallest absolute Gasteiger partial charge is 0.123 e. The summed E-state index contributed by atoms with van der Waals surface area (Å²) in [7, 11) is 0. The lowest BCUT2D eigenvalue weighted by molar-refractivity contribution is 0.306. The Hall–Kier alpha value is -2.16. The molecular weight excluding hydrogens is 289 g/mol. The minimum Gasteiger partial charge on any atom is -0.489 e. The normalized spacial score (nSPS) is 15.9. The van der Waals surface area contributed by atoms with E-state index in [-0.39, 0.29) is 5.82 Å². The number of hydrogen-bond acceptors (Lipinski definition) is 2. The van der Waals surface area contributed by atoms with Crippen LogP contribution in [-0.2, 0) is 6.61 Å². The Bertz CT molecular complexity index is 628. The Labute approximate surface area is 137 Å². The number of ether oxygens (including phenoxy) is 1. The number of nitrogens with zero attached hydrogens (tertiary/aromatic N) is 1. The Balaban J connectivity index is 1.52. The molecule has 1 aliphatic carbocycles. The Kier molecular flexibility index (Phi) is 5.41. The largest absolute Gasteiger partial charge is 0.489 e. The zero-order valence-corrected chi connectivity index (χ0v) is 13.2. The van der Waals surface area contributed by atoms with Gasteiger partial charge in [-0.1, -0.05) is 31.4 Å². The predicted octanol–water partition coefficient (Wildman–Crippen LogP) is 5.16. The van der Waals surface area contributed by atoms with Gasteiger partial charge in [0.05, 0.1) is 0 Å². The van der Waals surface area contributed by atoms with Gasteiger partial charge in [0.2, 0.25) is 0 Å².